The molecule has 1 aromatic carbocycles. The SMILES string of the molecule is C=C(C/C=C(\C)CCC=C(C)C)/C(CC1c2c(cc3c(c2OC)OCO3)CCN1C)=N\O. The number of fused-ring (bicyclic) bond motifs is 2. The van der Waals surface area contributed by atoms with Crippen LogP contribution in [0.15, 0.2) is 46.7 Å². The summed E-state index contributed by atoms with van der Waals surface area (Å²) in [7, 11) is 3.74. The van der Waals surface area contributed by atoms with E-state index in [9.17, 15) is 5.21 Å². The molecule has 1 atom stereocenters. The van der Waals surface area contributed by atoms with Gasteiger partial charge in [-0.15, -0.1) is 0 Å². The third-order valence-electron chi connectivity index (χ3n) is 6.25. The fourth-order valence-corrected chi connectivity index (χ4v) is 4.33. The first-order valence-corrected chi connectivity index (χ1v) is 11.2. The molecular weight excluding hydrogens is 404 g/mol. The van der Waals surface area contributed by atoms with Crippen molar-refractivity contribution in [2.24, 2.45) is 5.16 Å². The Morgan fingerprint density at radius 1 is 1.31 bits per heavy atom. The van der Waals surface area contributed by atoms with Crippen molar-refractivity contribution in [1.29, 1.82) is 0 Å². The van der Waals surface area contributed by atoms with Crippen LogP contribution in [0.25, 0.3) is 0 Å². The molecule has 0 saturated heterocycles. The summed E-state index contributed by atoms with van der Waals surface area (Å²) in [6.07, 6.45) is 8.60. The lowest BCUT2D eigenvalue weighted by molar-refractivity contribution is 0.170. The quantitative estimate of drug-likeness (QED) is 0.227. The Kier molecular flexibility index (Phi) is 8.02. The van der Waals surface area contributed by atoms with Crippen LogP contribution in [0.5, 0.6) is 17.2 Å². The molecule has 0 radical (unpaired) electrons. The monoisotopic (exact) mass is 440 g/mol. The normalized spacial score (nSPS) is 18.3. The third kappa shape index (κ3) is 5.36. The van der Waals surface area contributed by atoms with E-state index in [0.717, 1.165) is 42.7 Å². The fraction of sp³-hybridized carbons (Fsp3) is 0.500. The number of methoxy groups -OCH3 is 1. The van der Waals surface area contributed by atoms with Crippen LogP contribution in [0, 0.1) is 0 Å². The molecule has 0 spiro atoms. The Balaban J connectivity index is 1.77. The zero-order valence-corrected chi connectivity index (χ0v) is 20.0. The van der Waals surface area contributed by atoms with Gasteiger partial charge in [0.25, 0.3) is 0 Å². The largest absolute Gasteiger partial charge is 0.492 e. The van der Waals surface area contributed by atoms with Gasteiger partial charge < -0.3 is 19.4 Å². The van der Waals surface area contributed by atoms with E-state index in [-0.39, 0.29) is 12.8 Å². The molecule has 1 aromatic rings. The Morgan fingerprint density at radius 3 is 2.78 bits per heavy atom. The Labute approximate surface area is 191 Å². The molecule has 174 valence electrons. The number of benzene rings is 1. The van der Waals surface area contributed by atoms with Crippen molar-refractivity contribution in [2.45, 2.75) is 58.9 Å². The molecule has 1 unspecified atom stereocenters. The van der Waals surface area contributed by atoms with Gasteiger partial charge in [0.1, 0.15) is 0 Å². The van der Waals surface area contributed by atoms with E-state index in [1.54, 1.807) is 7.11 Å². The second-order valence-corrected chi connectivity index (χ2v) is 8.89. The maximum absolute atomic E-state index is 9.81. The van der Waals surface area contributed by atoms with Gasteiger partial charge in [0, 0.05) is 24.6 Å². The topological polar surface area (TPSA) is 63.5 Å². The number of ether oxygens (including phenoxy) is 3. The van der Waals surface area contributed by atoms with Gasteiger partial charge in [-0.25, -0.2) is 0 Å². The van der Waals surface area contributed by atoms with Crippen LogP contribution in [-0.4, -0.2) is 43.3 Å². The van der Waals surface area contributed by atoms with Crippen molar-refractivity contribution in [1.82, 2.24) is 4.90 Å². The molecule has 0 bridgehead atoms. The van der Waals surface area contributed by atoms with Crippen LogP contribution in [0.1, 0.15) is 63.6 Å². The van der Waals surface area contributed by atoms with Crippen molar-refractivity contribution in [3.05, 3.63) is 52.6 Å². The minimum atomic E-state index is -0.00593. The van der Waals surface area contributed by atoms with Crippen LogP contribution in [-0.2, 0) is 6.42 Å². The van der Waals surface area contributed by atoms with E-state index in [0.29, 0.717) is 30.1 Å². The van der Waals surface area contributed by atoms with Gasteiger partial charge in [0.2, 0.25) is 12.5 Å². The van der Waals surface area contributed by atoms with Crippen molar-refractivity contribution >= 4 is 5.71 Å². The highest BCUT2D eigenvalue weighted by Gasteiger charge is 2.34. The summed E-state index contributed by atoms with van der Waals surface area (Å²) in [5, 5.41) is 13.5. The third-order valence-corrected chi connectivity index (χ3v) is 6.25. The maximum Gasteiger partial charge on any atom is 0.231 e. The second kappa shape index (κ2) is 10.7. The van der Waals surface area contributed by atoms with Gasteiger partial charge in [-0.1, -0.05) is 35.0 Å². The van der Waals surface area contributed by atoms with Gasteiger partial charge >= 0.3 is 0 Å². The van der Waals surface area contributed by atoms with Gasteiger partial charge in [0.15, 0.2) is 11.5 Å². The molecule has 2 aliphatic heterocycles. The lowest BCUT2D eigenvalue weighted by Crippen LogP contribution is -2.34. The summed E-state index contributed by atoms with van der Waals surface area (Å²) in [4.78, 5) is 2.27. The first kappa shape index (κ1) is 23.9. The average molecular weight is 441 g/mol. The van der Waals surface area contributed by atoms with E-state index < -0.39 is 0 Å². The maximum atomic E-state index is 9.81. The number of hydrogen-bond donors (Lipinski definition) is 1. The molecule has 0 amide bonds. The van der Waals surface area contributed by atoms with Gasteiger partial charge in [-0.05, 0) is 70.7 Å². The summed E-state index contributed by atoms with van der Waals surface area (Å²) in [5.41, 5.74) is 6.36. The number of likely N-dealkylation sites (N-methyl/N-ethyl adjacent to an activating group) is 1. The average Bonchev–Trinajstić information content (AvgIpc) is 3.23. The van der Waals surface area contributed by atoms with E-state index in [1.165, 1.54) is 16.7 Å². The van der Waals surface area contributed by atoms with Crippen molar-refractivity contribution in [2.75, 3.05) is 27.5 Å². The van der Waals surface area contributed by atoms with Gasteiger partial charge in [0.05, 0.1) is 12.8 Å². The smallest absolute Gasteiger partial charge is 0.231 e. The zero-order chi connectivity index (χ0) is 23.3. The lowest BCUT2D eigenvalue weighted by Gasteiger charge is -2.36. The van der Waals surface area contributed by atoms with E-state index in [1.807, 2.05) is 0 Å². The lowest BCUT2D eigenvalue weighted by atomic mass is 9.87. The summed E-state index contributed by atoms with van der Waals surface area (Å²) in [6, 6.07) is 2.05. The Morgan fingerprint density at radius 2 is 2.09 bits per heavy atom. The number of hydrogen-bond acceptors (Lipinski definition) is 6. The Hall–Kier alpha value is -2.73. The highest BCUT2D eigenvalue weighted by Crippen LogP contribution is 2.50. The van der Waals surface area contributed by atoms with Crippen LogP contribution in [0.3, 0.4) is 0 Å². The molecule has 1 N–H and O–H groups in total. The van der Waals surface area contributed by atoms with E-state index in [2.05, 4.69) is 62.7 Å². The molecule has 6 heteroatoms. The van der Waals surface area contributed by atoms with Crippen molar-refractivity contribution < 1.29 is 19.4 Å². The second-order valence-electron chi connectivity index (χ2n) is 8.89. The highest BCUT2D eigenvalue weighted by molar-refractivity contribution is 6.00. The molecule has 32 heavy (non-hydrogen) atoms. The Bertz CT molecular complexity index is 942. The predicted molar refractivity (Wildman–Crippen MR) is 128 cm³/mol. The molecule has 0 saturated carbocycles. The highest BCUT2D eigenvalue weighted by atomic mass is 16.7. The predicted octanol–water partition coefficient (Wildman–Crippen LogP) is 5.81. The van der Waals surface area contributed by atoms with Gasteiger partial charge in [-0.2, -0.15) is 0 Å². The zero-order valence-electron chi connectivity index (χ0n) is 20.0. The number of allylic oxidation sites excluding steroid dienone is 5. The molecule has 0 aliphatic carbocycles. The molecule has 0 fully saturated rings. The molecule has 2 heterocycles. The van der Waals surface area contributed by atoms with Crippen LogP contribution < -0.4 is 14.2 Å². The fourth-order valence-electron chi connectivity index (χ4n) is 4.33. The molecule has 0 aromatic heterocycles. The van der Waals surface area contributed by atoms with Crippen LogP contribution >= 0.6 is 0 Å². The van der Waals surface area contributed by atoms with E-state index >= 15 is 0 Å². The molecule has 2 aliphatic rings. The first-order valence-electron chi connectivity index (χ1n) is 11.2. The minimum Gasteiger partial charge on any atom is -0.492 e. The summed E-state index contributed by atoms with van der Waals surface area (Å²) in [5.74, 6) is 2.10. The van der Waals surface area contributed by atoms with Gasteiger partial charge in [-0.3, -0.25) is 4.90 Å². The summed E-state index contributed by atoms with van der Waals surface area (Å²) < 4.78 is 17.1. The van der Waals surface area contributed by atoms with Crippen LogP contribution in [0.2, 0.25) is 0 Å². The summed E-state index contributed by atoms with van der Waals surface area (Å²) in [6.45, 7) is 11.7. The standard InChI is InChI=1S/C26H36N2O4/c1-17(2)8-7-9-18(3)10-11-19(4)21(27-29)15-22-24-20(12-13-28(22)5)14-23-25(26(24)30-6)32-16-31-23/h8,10,14,22,29H,4,7,9,11-13,15-16H2,1-3,5-6H3/b18-10+,27-21-. The molecular formula is C26H36N2O4. The van der Waals surface area contributed by atoms with Crippen LogP contribution in [0.4, 0.5) is 0 Å². The van der Waals surface area contributed by atoms with Crippen molar-refractivity contribution in [3.8, 4) is 17.2 Å². The van der Waals surface area contributed by atoms with E-state index in [4.69, 9.17) is 14.2 Å². The number of rotatable bonds is 9. The molecule has 3 rings (SSSR count). The first-order chi connectivity index (χ1) is 15.3. The minimum absolute atomic E-state index is 0.00593. The van der Waals surface area contributed by atoms with Crippen molar-refractivity contribution in [3.63, 3.8) is 0 Å². The summed E-state index contributed by atoms with van der Waals surface area (Å²) >= 11 is 0. The molecule has 6 nitrogen and oxygen atoms in total. The number of nitrogens with zero attached hydrogens (tertiary/aromatic N) is 2. The number of oxime groups is 1.